The zero-order valence-corrected chi connectivity index (χ0v) is 15.2. The van der Waals surface area contributed by atoms with Crippen LogP contribution in [-0.2, 0) is 0 Å². The van der Waals surface area contributed by atoms with Gasteiger partial charge in [-0.2, -0.15) is 0 Å². The van der Waals surface area contributed by atoms with Crippen molar-refractivity contribution in [1.29, 1.82) is 0 Å². The molecule has 1 nitrogen and oxygen atoms in total. The van der Waals surface area contributed by atoms with Gasteiger partial charge in [0.25, 0.3) is 0 Å². The van der Waals surface area contributed by atoms with Crippen LogP contribution in [0.5, 0.6) is 5.75 Å². The van der Waals surface area contributed by atoms with Crippen LogP contribution in [0.15, 0.2) is 48.5 Å². The van der Waals surface area contributed by atoms with Crippen LogP contribution in [0.1, 0.15) is 6.42 Å². The van der Waals surface area contributed by atoms with Crippen molar-refractivity contribution in [1.82, 2.24) is 0 Å². The van der Waals surface area contributed by atoms with Gasteiger partial charge in [-0.15, -0.1) is 33.2 Å². The molecule has 0 aliphatic heterocycles. The smallest absolute Gasteiger partial charge is 0.341 e. The van der Waals surface area contributed by atoms with Crippen LogP contribution in [0.3, 0.4) is 0 Å². The Kier molecular flexibility index (Phi) is 6.27. The quantitative estimate of drug-likeness (QED) is 0.319. The summed E-state index contributed by atoms with van der Waals surface area (Å²) in [6.07, 6.45) is 0.697. The fourth-order valence-electron chi connectivity index (χ4n) is 1.95. The largest absolute Gasteiger partial charge is 0.491 e. The van der Waals surface area contributed by atoms with E-state index in [-0.39, 0.29) is 0 Å². The predicted octanol–water partition coefficient (Wildman–Crippen LogP) is 6.43. The van der Waals surface area contributed by atoms with Crippen LogP contribution in [0.2, 0.25) is 11.1 Å². The second kappa shape index (κ2) is 7.75. The molecule has 0 amide bonds. The minimum atomic E-state index is -2.58. The predicted molar refractivity (Wildman–Crippen MR) is 95.1 cm³/mol. The zero-order chi connectivity index (χ0) is 15.3. The Morgan fingerprint density at radius 1 is 0.905 bits per heavy atom. The van der Waals surface area contributed by atoms with Gasteiger partial charge in [-0.1, -0.05) is 54.1 Å². The van der Waals surface area contributed by atoms with E-state index in [0.29, 0.717) is 29.8 Å². The minimum absolute atomic E-state index is 0.477. The van der Waals surface area contributed by atoms with Crippen LogP contribution in [-0.4, -0.2) is 12.6 Å². The molecule has 0 saturated carbocycles. The molecule has 0 heterocycles. The number of rotatable bonds is 6. The van der Waals surface area contributed by atoms with Gasteiger partial charge in [0.05, 0.1) is 11.6 Å². The normalized spacial score (nSPS) is 11.4. The maximum absolute atomic E-state index is 6.25. The highest BCUT2D eigenvalue weighted by Gasteiger charge is 2.24. The molecule has 0 atom stereocenters. The average molecular weight is 380 g/mol. The number of halogens is 4. The third kappa shape index (κ3) is 5.39. The first kappa shape index (κ1) is 17.0. The number of hydrogen-bond acceptors (Lipinski definition) is 1. The summed E-state index contributed by atoms with van der Waals surface area (Å²) in [5.41, 5.74) is 2.03. The van der Waals surface area contributed by atoms with Crippen molar-refractivity contribution >= 4 is 50.8 Å². The van der Waals surface area contributed by atoms with Crippen LogP contribution in [0, 0.1) is 0 Å². The van der Waals surface area contributed by atoms with Crippen molar-refractivity contribution in [2.45, 2.75) is 12.5 Å². The maximum atomic E-state index is 6.25. The molecule has 0 fully saturated rings. The lowest BCUT2D eigenvalue weighted by atomic mass is 10.0. The van der Waals surface area contributed by atoms with E-state index < -0.39 is 6.00 Å². The van der Waals surface area contributed by atoms with Crippen LogP contribution in [0.25, 0.3) is 11.1 Å². The third-order valence-electron chi connectivity index (χ3n) is 2.90. The van der Waals surface area contributed by atoms with Gasteiger partial charge in [-0.05, 0) is 24.1 Å². The molecule has 0 unspecified atom stereocenters. The topological polar surface area (TPSA) is 9.23 Å². The van der Waals surface area contributed by atoms with Crippen LogP contribution in [0.4, 0.5) is 0 Å². The minimum Gasteiger partial charge on any atom is -0.491 e. The van der Waals surface area contributed by atoms with Gasteiger partial charge < -0.3 is 4.74 Å². The van der Waals surface area contributed by atoms with Crippen LogP contribution >= 0.6 is 44.8 Å². The summed E-state index contributed by atoms with van der Waals surface area (Å²) in [5.74, 6) is 0.677. The van der Waals surface area contributed by atoms with Gasteiger partial charge in [-0.3, -0.25) is 0 Å². The van der Waals surface area contributed by atoms with Gasteiger partial charge in [0.2, 0.25) is 0 Å². The van der Waals surface area contributed by atoms with Gasteiger partial charge in [0, 0.05) is 5.56 Å². The van der Waals surface area contributed by atoms with Crippen molar-refractivity contribution in [2.75, 3.05) is 6.61 Å². The Morgan fingerprint density at radius 3 is 2.29 bits per heavy atom. The van der Waals surface area contributed by atoms with Gasteiger partial charge in [-0.25, -0.2) is 0 Å². The highest BCUT2D eigenvalue weighted by atomic mass is 35.8. The highest BCUT2D eigenvalue weighted by molar-refractivity contribution is 7.64. The van der Waals surface area contributed by atoms with E-state index in [1.165, 1.54) is 0 Å². The monoisotopic (exact) mass is 378 g/mol. The first-order valence-electron chi connectivity index (χ1n) is 6.51. The zero-order valence-electron chi connectivity index (χ0n) is 11.2. The van der Waals surface area contributed by atoms with E-state index in [2.05, 4.69) is 0 Å². The molecular weight excluding hydrogens is 366 g/mol. The fourth-order valence-corrected chi connectivity index (χ4v) is 3.92. The Labute approximate surface area is 144 Å². The summed E-state index contributed by atoms with van der Waals surface area (Å²) >= 11 is 23.8. The van der Waals surface area contributed by atoms with E-state index in [1.54, 1.807) is 0 Å². The molecule has 112 valence electrons. The fraction of sp³-hybridized carbons (Fsp3) is 0.200. The molecule has 21 heavy (non-hydrogen) atoms. The molecule has 2 aromatic carbocycles. The van der Waals surface area contributed by atoms with Crippen molar-refractivity contribution in [3.05, 3.63) is 53.6 Å². The first-order valence-corrected chi connectivity index (χ1v) is 12.1. The van der Waals surface area contributed by atoms with Crippen molar-refractivity contribution < 1.29 is 4.74 Å². The van der Waals surface area contributed by atoms with Gasteiger partial charge in [0.1, 0.15) is 5.75 Å². The molecule has 0 N–H and O–H groups in total. The van der Waals surface area contributed by atoms with Gasteiger partial charge in [0.15, 0.2) is 0 Å². The number of hydrogen-bond donors (Lipinski definition) is 0. The Morgan fingerprint density at radius 2 is 1.62 bits per heavy atom. The SMILES string of the molecule is Clc1cccc(-c2ccccc2)c1OCCC[Si](Cl)(Cl)Cl. The highest BCUT2D eigenvalue weighted by Crippen LogP contribution is 2.36. The lowest BCUT2D eigenvalue weighted by molar-refractivity contribution is 0.319. The molecule has 0 spiro atoms. The standard InChI is InChI=1S/C15H14Cl4OSi/c16-14-9-4-8-13(12-6-2-1-3-7-12)15(14)20-10-5-11-21(17,18)19/h1-4,6-9H,5,10-11H2. The Balaban J connectivity index is 2.12. The van der Waals surface area contributed by atoms with Gasteiger partial charge >= 0.3 is 6.00 Å². The van der Waals surface area contributed by atoms with Crippen LogP contribution < -0.4 is 4.74 Å². The summed E-state index contributed by atoms with van der Waals surface area (Å²) in [6.45, 7) is 0.477. The molecular formula is C15H14Cl4OSi. The number of para-hydroxylation sites is 1. The molecule has 0 radical (unpaired) electrons. The first-order chi connectivity index (χ1) is 9.97. The number of benzene rings is 2. The lowest BCUT2D eigenvalue weighted by Gasteiger charge is -2.14. The summed E-state index contributed by atoms with van der Waals surface area (Å²) in [7, 11) is 0. The van der Waals surface area contributed by atoms with E-state index in [1.807, 2.05) is 48.5 Å². The maximum Gasteiger partial charge on any atom is 0.341 e. The molecule has 0 bridgehead atoms. The summed E-state index contributed by atoms with van der Waals surface area (Å²) in [6, 6.07) is 13.7. The molecule has 0 saturated heterocycles. The third-order valence-corrected chi connectivity index (χ3v) is 5.82. The van der Waals surface area contributed by atoms with Crippen molar-refractivity contribution in [3.8, 4) is 16.9 Å². The Bertz CT molecular complexity index is 584. The lowest BCUT2D eigenvalue weighted by Crippen LogP contribution is -2.11. The van der Waals surface area contributed by atoms with E-state index in [0.717, 1.165) is 11.1 Å². The summed E-state index contributed by atoms with van der Waals surface area (Å²) < 4.78 is 5.83. The van der Waals surface area contributed by atoms with Crippen molar-refractivity contribution in [3.63, 3.8) is 0 Å². The molecule has 0 aromatic heterocycles. The molecule has 6 heteroatoms. The number of ether oxygens (including phenoxy) is 1. The Hall–Kier alpha value is -0.383. The van der Waals surface area contributed by atoms with E-state index >= 15 is 0 Å². The summed E-state index contributed by atoms with van der Waals surface area (Å²) in [5, 5.41) is 0.586. The summed E-state index contributed by atoms with van der Waals surface area (Å²) in [4.78, 5) is 0. The molecule has 2 aromatic rings. The molecule has 0 aliphatic carbocycles. The van der Waals surface area contributed by atoms with E-state index in [4.69, 9.17) is 49.6 Å². The second-order valence-corrected chi connectivity index (χ2v) is 14.2. The average Bonchev–Trinajstić information content (AvgIpc) is 2.44. The second-order valence-electron chi connectivity index (χ2n) is 4.55. The van der Waals surface area contributed by atoms with Crippen molar-refractivity contribution in [2.24, 2.45) is 0 Å². The molecule has 0 aliphatic rings. The van der Waals surface area contributed by atoms with E-state index in [9.17, 15) is 0 Å². The molecule has 2 rings (SSSR count).